The first-order valence-electron chi connectivity index (χ1n) is 9.65. The molecule has 0 aromatic heterocycles. The lowest BCUT2D eigenvalue weighted by atomic mass is 9.59. The van der Waals surface area contributed by atoms with Crippen molar-refractivity contribution >= 4 is 5.78 Å². The Labute approximate surface area is 139 Å². The zero-order valence-electron chi connectivity index (χ0n) is 14.6. The zero-order chi connectivity index (χ0) is 16.0. The Hall–Kier alpha value is -0.450. The third-order valence-corrected chi connectivity index (χ3v) is 6.98. The molecule has 6 atom stereocenters. The fourth-order valence-corrected chi connectivity index (χ4v) is 5.99. The lowest BCUT2D eigenvalue weighted by molar-refractivity contribution is -0.296. The summed E-state index contributed by atoms with van der Waals surface area (Å²) >= 11 is 0. The molecule has 0 N–H and O–H groups in total. The van der Waals surface area contributed by atoms with Crippen molar-refractivity contribution in [1.82, 2.24) is 4.90 Å². The summed E-state index contributed by atoms with van der Waals surface area (Å²) in [5, 5.41) is 0. The van der Waals surface area contributed by atoms with E-state index >= 15 is 0 Å². The second-order valence-electron chi connectivity index (χ2n) is 8.30. The van der Waals surface area contributed by atoms with Gasteiger partial charge in [-0.05, 0) is 50.9 Å². The molecule has 4 heteroatoms. The van der Waals surface area contributed by atoms with Crippen molar-refractivity contribution in [2.24, 2.45) is 23.7 Å². The molecule has 4 rings (SSSR count). The molecule has 0 spiro atoms. The predicted octanol–water partition coefficient (Wildman–Crippen LogP) is 2.86. The topological polar surface area (TPSA) is 38.8 Å². The van der Waals surface area contributed by atoms with E-state index in [1.54, 1.807) is 0 Å². The summed E-state index contributed by atoms with van der Waals surface area (Å²) in [7, 11) is 0. The van der Waals surface area contributed by atoms with E-state index in [9.17, 15) is 4.79 Å². The van der Waals surface area contributed by atoms with E-state index < -0.39 is 0 Å². The second kappa shape index (κ2) is 6.12. The van der Waals surface area contributed by atoms with Crippen LogP contribution in [0.1, 0.15) is 52.4 Å². The van der Waals surface area contributed by atoms with Gasteiger partial charge in [0.15, 0.2) is 0 Å². The average molecular weight is 321 g/mol. The number of fused-ring (bicyclic) bond motifs is 3. The van der Waals surface area contributed by atoms with Crippen LogP contribution in [-0.2, 0) is 14.3 Å². The molecule has 0 bridgehead atoms. The third kappa shape index (κ3) is 2.58. The summed E-state index contributed by atoms with van der Waals surface area (Å²) in [5.74, 6) is 2.42. The normalized spacial score (nSPS) is 48.6. The van der Waals surface area contributed by atoms with Gasteiger partial charge in [0.2, 0.25) is 0 Å². The number of nitrogens with zero attached hydrogens (tertiary/aromatic N) is 1. The molecule has 4 nitrogen and oxygen atoms in total. The first kappa shape index (κ1) is 16.0. The van der Waals surface area contributed by atoms with Crippen LogP contribution in [0.3, 0.4) is 0 Å². The van der Waals surface area contributed by atoms with Gasteiger partial charge in [-0.25, -0.2) is 0 Å². The molecular weight excluding hydrogens is 290 g/mol. The van der Waals surface area contributed by atoms with Gasteiger partial charge in [0, 0.05) is 31.3 Å². The van der Waals surface area contributed by atoms with Gasteiger partial charge >= 0.3 is 0 Å². The lowest BCUT2D eigenvalue weighted by Crippen LogP contribution is -2.68. The SMILES string of the molecule is CC1CCC2(N3CCOCC3)OC(C)C3C(=O)CCCC3C2C1. The standard InChI is InChI=1S/C19H31NO3/c1-13-6-7-19(20-8-10-22-11-9-20)16(12-13)15-4-3-5-17(21)18(15)14(2)23-19/h13-16,18H,3-12H2,1-2H3. The Morgan fingerprint density at radius 1 is 1.17 bits per heavy atom. The summed E-state index contributed by atoms with van der Waals surface area (Å²) in [6.45, 7) is 8.10. The highest BCUT2D eigenvalue weighted by Crippen LogP contribution is 2.55. The summed E-state index contributed by atoms with van der Waals surface area (Å²) in [6.07, 6.45) is 6.72. The van der Waals surface area contributed by atoms with Crippen molar-refractivity contribution in [3.05, 3.63) is 0 Å². The molecule has 2 saturated carbocycles. The predicted molar refractivity (Wildman–Crippen MR) is 88.0 cm³/mol. The molecule has 0 aromatic carbocycles. The van der Waals surface area contributed by atoms with Crippen LogP contribution < -0.4 is 0 Å². The first-order valence-corrected chi connectivity index (χ1v) is 9.65. The number of hydrogen-bond acceptors (Lipinski definition) is 4. The number of ether oxygens (including phenoxy) is 2. The molecule has 6 unspecified atom stereocenters. The average Bonchev–Trinajstić information content (AvgIpc) is 2.56. The maximum absolute atomic E-state index is 12.6. The molecule has 2 saturated heterocycles. The van der Waals surface area contributed by atoms with E-state index in [1.807, 2.05) is 0 Å². The van der Waals surface area contributed by atoms with E-state index in [0.29, 0.717) is 17.6 Å². The van der Waals surface area contributed by atoms with E-state index in [1.165, 1.54) is 19.3 Å². The van der Waals surface area contributed by atoms with E-state index in [-0.39, 0.29) is 17.7 Å². The van der Waals surface area contributed by atoms with E-state index in [0.717, 1.165) is 51.5 Å². The van der Waals surface area contributed by atoms with Crippen molar-refractivity contribution in [2.45, 2.75) is 64.2 Å². The maximum Gasteiger partial charge on any atom is 0.138 e. The number of carbonyl (C=O) groups excluding carboxylic acids is 1. The van der Waals surface area contributed by atoms with Crippen LogP contribution >= 0.6 is 0 Å². The summed E-state index contributed by atoms with van der Waals surface area (Å²) in [4.78, 5) is 15.1. The van der Waals surface area contributed by atoms with Gasteiger partial charge in [0.25, 0.3) is 0 Å². The smallest absolute Gasteiger partial charge is 0.138 e. The first-order chi connectivity index (χ1) is 11.1. The Balaban J connectivity index is 1.69. The van der Waals surface area contributed by atoms with E-state index in [2.05, 4.69) is 18.7 Å². The third-order valence-electron chi connectivity index (χ3n) is 6.98. The minimum Gasteiger partial charge on any atom is -0.379 e. The van der Waals surface area contributed by atoms with Crippen LogP contribution in [0.2, 0.25) is 0 Å². The van der Waals surface area contributed by atoms with Gasteiger partial charge in [-0.15, -0.1) is 0 Å². The Bertz CT molecular complexity index is 462. The quantitative estimate of drug-likeness (QED) is 0.744. The van der Waals surface area contributed by atoms with Crippen LogP contribution in [0.25, 0.3) is 0 Å². The van der Waals surface area contributed by atoms with Crippen molar-refractivity contribution in [1.29, 1.82) is 0 Å². The molecule has 2 heterocycles. The summed E-state index contributed by atoms with van der Waals surface area (Å²) in [6, 6.07) is 0. The number of hydrogen-bond donors (Lipinski definition) is 0. The van der Waals surface area contributed by atoms with E-state index in [4.69, 9.17) is 9.47 Å². The van der Waals surface area contributed by atoms with Crippen LogP contribution in [0.15, 0.2) is 0 Å². The molecule has 0 radical (unpaired) electrons. The Morgan fingerprint density at radius 2 is 1.96 bits per heavy atom. The zero-order valence-corrected chi connectivity index (χ0v) is 14.6. The number of carbonyl (C=O) groups is 1. The number of Topliss-reactive ketones (excluding diaryl/α,β-unsaturated/α-hetero) is 1. The van der Waals surface area contributed by atoms with Crippen LogP contribution in [0.5, 0.6) is 0 Å². The number of morpholine rings is 1. The van der Waals surface area contributed by atoms with Gasteiger partial charge in [-0.1, -0.05) is 6.92 Å². The molecule has 4 aliphatic rings. The minimum absolute atomic E-state index is 0.0697. The monoisotopic (exact) mass is 321 g/mol. The van der Waals surface area contributed by atoms with Gasteiger partial charge in [0.1, 0.15) is 11.5 Å². The maximum atomic E-state index is 12.6. The van der Waals surface area contributed by atoms with Crippen molar-refractivity contribution in [3.8, 4) is 0 Å². The fourth-order valence-electron chi connectivity index (χ4n) is 5.99. The minimum atomic E-state index is -0.130. The molecule has 2 aliphatic heterocycles. The van der Waals surface area contributed by atoms with Crippen LogP contribution in [-0.4, -0.2) is 48.8 Å². The lowest BCUT2D eigenvalue weighted by Gasteiger charge is -2.61. The highest BCUT2D eigenvalue weighted by atomic mass is 16.5. The summed E-state index contributed by atoms with van der Waals surface area (Å²) < 4.78 is 12.3. The molecule has 4 fully saturated rings. The van der Waals surface area contributed by atoms with Gasteiger partial charge in [-0.2, -0.15) is 0 Å². The van der Waals surface area contributed by atoms with Gasteiger partial charge in [0.05, 0.1) is 19.3 Å². The number of rotatable bonds is 1. The van der Waals surface area contributed by atoms with Crippen LogP contribution in [0.4, 0.5) is 0 Å². The van der Waals surface area contributed by atoms with Gasteiger partial charge in [-0.3, -0.25) is 9.69 Å². The largest absolute Gasteiger partial charge is 0.379 e. The summed E-state index contributed by atoms with van der Waals surface area (Å²) in [5.41, 5.74) is -0.130. The van der Waals surface area contributed by atoms with Crippen molar-refractivity contribution < 1.29 is 14.3 Å². The Morgan fingerprint density at radius 3 is 2.74 bits per heavy atom. The van der Waals surface area contributed by atoms with Crippen LogP contribution in [0, 0.1) is 23.7 Å². The Kier molecular flexibility index (Phi) is 4.27. The molecular formula is C19H31NO3. The molecule has 2 aliphatic carbocycles. The molecule has 23 heavy (non-hydrogen) atoms. The van der Waals surface area contributed by atoms with Crippen molar-refractivity contribution in [2.75, 3.05) is 26.3 Å². The molecule has 0 aromatic rings. The van der Waals surface area contributed by atoms with Crippen molar-refractivity contribution in [3.63, 3.8) is 0 Å². The highest BCUT2D eigenvalue weighted by Gasteiger charge is 2.59. The fraction of sp³-hybridized carbons (Fsp3) is 0.947. The second-order valence-corrected chi connectivity index (χ2v) is 8.30. The molecule has 0 amide bonds. The molecule has 130 valence electrons. The van der Waals surface area contributed by atoms with Gasteiger partial charge < -0.3 is 9.47 Å². The highest BCUT2D eigenvalue weighted by molar-refractivity contribution is 5.82. The number of ketones is 1.